The zero-order valence-corrected chi connectivity index (χ0v) is 42.1. The van der Waals surface area contributed by atoms with E-state index in [1.165, 1.54) is 95.9 Å². The number of aromatic nitrogens is 1. The highest BCUT2D eigenvalue weighted by molar-refractivity contribution is 7.32. The lowest BCUT2D eigenvalue weighted by Gasteiger charge is -2.41. The maximum absolute atomic E-state index is 7.08. The highest BCUT2D eigenvalue weighted by Gasteiger charge is 2.46. The molecule has 0 spiro atoms. The van der Waals surface area contributed by atoms with Gasteiger partial charge in [0, 0.05) is 103 Å². The summed E-state index contributed by atoms with van der Waals surface area (Å²) < 4.78 is 15.1. The quantitative estimate of drug-likeness (QED) is 0.164. The molecule has 0 unspecified atom stereocenters. The van der Waals surface area contributed by atoms with Crippen molar-refractivity contribution in [2.75, 3.05) is 9.71 Å². The van der Waals surface area contributed by atoms with Crippen LogP contribution in [0, 0.1) is 0 Å². The Morgan fingerprint density at radius 3 is 1.89 bits per heavy atom. The van der Waals surface area contributed by atoms with Crippen molar-refractivity contribution in [3.63, 3.8) is 0 Å². The van der Waals surface area contributed by atoms with Crippen LogP contribution < -0.4 is 20.0 Å². The summed E-state index contributed by atoms with van der Waals surface area (Å²) in [5.41, 5.74) is 17.7. The minimum Gasteiger partial charge on any atom is -0.456 e. The summed E-state index contributed by atoms with van der Waals surface area (Å²) >= 11 is 3.87. The van der Waals surface area contributed by atoms with Crippen molar-refractivity contribution in [1.29, 1.82) is 0 Å². The molecule has 13 aromatic rings. The van der Waals surface area contributed by atoms with Crippen molar-refractivity contribution < 1.29 is 4.42 Å². The first-order chi connectivity index (χ1) is 34.5. The Bertz CT molecular complexity index is 4330. The Kier molecular flexibility index (Phi) is 8.42. The predicted molar refractivity (Wildman–Crippen MR) is 307 cm³/mol. The lowest BCUT2D eigenvalue weighted by molar-refractivity contribution is 0.590. The van der Waals surface area contributed by atoms with Gasteiger partial charge >= 0.3 is 6.85 Å². The maximum Gasteiger partial charge on any atom is 0.343 e. The molecule has 71 heavy (non-hydrogen) atoms. The van der Waals surface area contributed by atoms with E-state index in [2.05, 4.69) is 238 Å². The van der Waals surface area contributed by atoms with E-state index in [1.54, 1.807) is 0 Å². The molecule has 0 radical (unpaired) electrons. The monoisotopic (exact) mass is 949 g/mol. The number of hydrogen-bond donors (Lipinski definition) is 0. The second-order valence-electron chi connectivity index (χ2n) is 21.7. The third-order valence-corrected chi connectivity index (χ3v) is 17.8. The number of furan rings is 1. The summed E-state index contributed by atoms with van der Waals surface area (Å²) in [5.74, 6) is 0. The Hall–Kier alpha value is -7.58. The Morgan fingerprint density at radius 2 is 1.14 bits per heavy atom. The molecule has 15 rings (SSSR count). The average Bonchev–Trinajstić information content (AvgIpc) is 4.13. The van der Waals surface area contributed by atoms with Crippen LogP contribution in [-0.4, -0.2) is 11.4 Å². The SMILES string of the molecule is CC(C)(C)c1ccc(N2B3c4sc5ccc(C(C)(C)C)cc5c4-n4c5cc6sc7ccccc7c6cc5c5ccc(c3c54)-c3cc4c(cc32)oc2cc(N(c3ccccc3)c3ccccc3)ccc24)cc1. The Labute approximate surface area is 420 Å². The van der Waals surface area contributed by atoms with Gasteiger partial charge in [0.2, 0.25) is 0 Å². The van der Waals surface area contributed by atoms with E-state index in [9.17, 15) is 0 Å². The van der Waals surface area contributed by atoms with E-state index in [0.29, 0.717) is 0 Å². The van der Waals surface area contributed by atoms with Gasteiger partial charge in [-0.05, 0) is 118 Å². The van der Waals surface area contributed by atoms with Gasteiger partial charge < -0.3 is 18.7 Å². The van der Waals surface area contributed by atoms with Gasteiger partial charge in [-0.1, -0.05) is 126 Å². The topological polar surface area (TPSA) is 24.6 Å². The summed E-state index contributed by atoms with van der Waals surface area (Å²) in [4.78, 5) is 4.96. The third-order valence-electron chi connectivity index (χ3n) is 15.4. The molecule has 0 saturated carbocycles. The van der Waals surface area contributed by atoms with Gasteiger partial charge in [0.05, 0.1) is 16.7 Å². The molecule has 0 amide bonds. The van der Waals surface area contributed by atoms with Gasteiger partial charge in [-0.15, -0.1) is 22.7 Å². The van der Waals surface area contributed by atoms with E-state index >= 15 is 0 Å². The van der Waals surface area contributed by atoms with Crippen LogP contribution in [0.25, 0.3) is 90.8 Å². The maximum atomic E-state index is 7.08. The van der Waals surface area contributed by atoms with Crippen LogP contribution in [0.4, 0.5) is 28.4 Å². The third kappa shape index (κ3) is 5.91. The number of anilines is 5. The van der Waals surface area contributed by atoms with Gasteiger partial charge in [0.25, 0.3) is 0 Å². The zero-order chi connectivity index (χ0) is 47.7. The van der Waals surface area contributed by atoms with Gasteiger partial charge in [-0.2, -0.15) is 0 Å². The first-order valence-electron chi connectivity index (χ1n) is 24.8. The van der Waals surface area contributed by atoms with Crippen LogP contribution in [-0.2, 0) is 10.8 Å². The smallest absolute Gasteiger partial charge is 0.343 e. The second kappa shape index (κ2) is 14.5. The van der Waals surface area contributed by atoms with Crippen molar-refractivity contribution >= 4 is 142 Å². The minimum absolute atomic E-state index is 0.00914. The molecule has 0 bridgehead atoms. The number of fused-ring (bicyclic) bond motifs is 16. The average molecular weight is 950 g/mol. The normalized spacial score (nSPS) is 13.4. The van der Waals surface area contributed by atoms with Crippen LogP contribution in [0.3, 0.4) is 0 Å². The van der Waals surface area contributed by atoms with E-state index in [0.717, 1.165) is 44.7 Å². The van der Waals surface area contributed by atoms with Crippen molar-refractivity contribution in [3.05, 3.63) is 193 Å². The number of thiophene rings is 2. The largest absolute Gasteiger partial charge is 0.456 e. The second-order valence-corrected chi connectivity index (χ2v) is 23.9. The molecular weight excluding hydrogens is 902 g/mol. The number of para-hydroxylation sites is 2. The van der Waals surface area contributed by atoms with E-state index in [-0.39, 0.29) is 17.7 Å². The summed E-state index contributed by atoms with van der Waals surface area (Å²) in [6, 6.07) is 68.1. The molecule has 4 aromatic heterocycles. The van der Waals surface area contributed by atoms with Gasteiger partial charge in [0.15, 0.2) is 0 Å². The first-order valence-corrected chi connectivity index (χ1v) is 26.4. The summed E-state index contributed by atoms with van der Waals surface area (Å²) in [6.45, 7) is 13.8. The van der Waals surface area contributed by atoms with Gasteiger partial charge in [-0.3, -0.25) is 0 Å². The highest BCUT2D eigenvalue weighted by atomic mass is 32.1. The van der Waals surface area contributed by atoms with Gasteiger partial charge in [-0.25, -0.2) is 0 Å². The fraction of sp³-hybridized carbons (Fsp3) is 0.125. The number of hydrogen-bond acceptors (Lipinski definition) is 5. The van der Waals surface area contributed by atoms with Crippen molar-refractivity contribution in [1.82, 2.24) is 4.57 Å². The molecule has 4 nitrogen and oxygen atoms in total. The molecule has 6 heterocycles. The molecule has 0 fully saturated rings. The Balaban J connectivity index is 1.04. The molecule has 0 N–H and O–H groups in total. The van der Waals surface area contributed by atoms with Crippen LogP contribution in [0.15, 0.2) is 186 Å². The summed E-state index contributed by atoms with van der Waals surface area (Å²) in [6.07, 6.45) is 0. The van der Waals surface area contributed by atoms with Crippen molar-refractivity contribution in [3.8, 4) is 16.8 Å². The van der Waals surface area contributed by atoms with Crippen LogP contribution in [0.2, 0.25) is 0 Å². The molecule has 2 aliphatic rings. The lowest BCUT2D eigenvalue weighted by atomic mass is 9.47. The highest BCUT2D eigenvalue weighted by Crippen LogP contribution is 2.51. The Morgan fingerprint density at radius 1 is 0.465 bits per heavy atom. The molecule has 7 heteroatoms. The van der Waals surface area contributed by atoms with Crippen LogP contribution >= 0.6 is 22.7 Å². The van der Waals surface area contributed by atoms with E-state index < -0.39 is 0 Å². The molecule has 0 atom stereocenters. The first kappa shape index (κ1) is 41.2. The fourth-order valence-electron chi connectivity index (χ4n) is 12.0. The molecule has 340 valence electrons. The number of rotatable bonds is 4. The zero-order valence-electron chi connectivity index (χ0n) is 40.5. The van der Waals surface area contributed by atoms with Crippen molar-refractivity contribution in [2.24, 2.45) is 0 Å². The molecule has 9 aromatic carbocycles. The van der Waals surface area contributed by atoms with Crippen molar-refractivity contribution in [2.45, 2.75) is 52.4 Å². The number of benzene rings is 9. The minimum atomic E-state index is -0.0929. The molecular formula is C64H48BN3OS2. The predicted octanol–water partition coefficient (Wildman–Crippen LogP) is 17.6. The van der Waals surface area contributed by atoms with Crippen LogP contribution in [0.1, 0.15) is 52.7 Å². The van der Waals surface area contributed by atoms with E-state index in [4.69, 9.17) is 4.42 Å². The van der Waals surface area contributed by atoms with Crippen LogP contribution in [0.5, 0.6) is 0 Å². The summed E-state index contributed by atoms with van der Waals surface area (Å²) in [7, 11) is 0. The van der Waals surface area contributed by atoms with E-state index in [1.807, 2.05) is 22.7 Å². The summed E-state index contributed by atoms with van der Waals surface area (Å²) in [5, 5.41) is 8.80. The molecule has 0 saturated heterocycles. The number of nitrogens with zero attached hydrogens (tertiary/aromatic N) is 3. The lowest BCUT2D eigenvalue weighted by Crippen LogP contribution is -2.59. The molecule has 2 aliphatic heterocycles. The fourth-order valence-corrected chi connectivity index (χ4v) is 14.4. The van der Waals surface area contributed by atoms with Gasteiger partial charge in [0.1, 0.15) is 11.2 Å². The standard InChI is InChI=1S/C64H48BN3OS2/c1-63(2,3)37-21-24-41(25-22-37)68-53-35-55-49(43-27-26-42(32-54(43)69-55)66(39-15-9-7-10-16-39)40-17-11-8-12-18-40)33-47(53)45-28-29-46-48-34-50-44-19-13-14-20-56(44)70-58(50)36-52(48)67-60(46)59(45)65(68)62-61(67)51-31-38(64(4,5)6)23-30-57(51)71-62/h7-36H,1-6H3. The molecule has 0 aliphatic carbocycles.